The van der Waals surface area contributed by atoms with Gasteiger partial charge in [-0.2, -0.15) is 0 Å². The van der Waals surface area contributed by atoms with Crippen LogP contribution in [0.4, 0.5) is 4.79 Å². The second-order valence-electron chi connectivity index (χ2n) is 3.54. The monoisotopic (exact) mass is 169 g/mol. The lowest BCUT2D eigenvalue weighted by Gasteiger charge is -2.17. The first-order chi connectivity index (χ1) is 5.86. The Bertz CT molecular complexity index is 177. The highest BCUT2D eigenvalue weighted by Crippen LogP contribution is 2.10. The maximum atomic E-state index is 11.2. The van der Waals surface area contributed by atoms with Gasteiger partial charge in [-0.05, 0) is 25.4 Å². The fourth-order valence-electron chi connectivity index (χ4n) is 1.87. The molecule has 12 heavy (non-hydrogen) atoms. The number of carbonyl (C=O) groups excluding carboxylic acids is 1. The zero-order valence-electron chi connectivity index (χ0n) is 7.18. The van der Waals surface area contributed by atoms with Crippen LogP contribution in [0.2, 0.25) is 0 Å². The van der Waals surface area contributed by atoms with Crippen LogP contribution in [-0.2, 0) is 0 Å². The minimum absolute atomic E-state index is 0.113. The highest BCUT2D eigenvalue weighted by Gasteiger charge is 2.24. The molecule has 2 amide bonds. The van der Waals surface area contributed by atoms with Gasteiger partial charge in [-0.15, -0.1) is 0 Å². The summed E-state index contributed by atoms with van der Waals surface area (Å²) in [5.74, 6) is 0.675. The third-order valence-corrected chi connectivity index (χ3v) is 2.59. The summed E-state index contributed by atoms with van der Waals surface area (Å²) >= 11 is 0. The number of nitrogens with one attached hydrogen (secondary N) is 2. The Morgan fingerprint density at radius 1 is 1.50 bits per heavy atom. The van der Waals surface area contributed by atoms with Crippen molar-refractivity contribution < 1.29 is 4.79 Å². The minimum atomic E-state index is 0.113. The summed E-state index contributed by atoms with van der Waals surface area (Å²) < 4.78 is 0. The lowest BCUT2D eigenvalue weighted by molar-refractivity contribution is 0.210. The summed E-state index contributed by atoms with van der Waals surface area (Å²) in [7, 11) is 0. The molecule has 68 valence electrons. The number of carbonyl (C=O) groups is 1. The summed E-state index contributed by atoms with van der Waals surface area (Å²) in [6.45, 7) is 4.82. The topological polar surface area (TPSA) is 44.4 Å². The largest absolute Gasteiger partial charge is 0.336 e. The first-order valence-corrected chi connectivity index (χ1v) is 4.60. The summed E-state index contributed by atoms with van der Waals surface area (Å²) in [5, 5.41) is 6.11. The van der Waals surface area contributed by atoms with Gasteiger partial charge in [0.25, 0.3) is 0 Å². The quantitative estimate of drug-likeness (QED) is 0.592. The SMILES string of the molecule is O=C1NCCN1C[C@H]1CCNC1. The molecule has 2 fully saturated rings. The average molecular weight is 169 g/mol. The van der Waals surface area contributed by atoms with Gasteiger partial charge in [-0.3, -0.25) is 0 Å². The molecular weight excluding hydrogens is 154 g/mol. The fraction of sp³-hybridized carbons (Fsp3) is 0.875. The van der Waals surface area contributed by atoms with Crippen molar-refractivity contribution in [3.63, 3.8) is 0 Å². The van der Waals surface area contributed by atoms with Gasteiger partial charge in [-0.1, -0.05) is 0 Å². The average Bonchev–Trinajstić information content (AvgIpc) is 2.65. The fourth-order valence-corrected chi connectivity index (χ4v) is 1.87. The van der Waals surface area contributed by atoms with Crippen LogP contribution < -0.4 is 10.6 Å². The Kier molecular flexibility index (Phi) is 2.17. The van der Waals surface area contributed by atoms with Gasteiger partial charge in [0.1, 0.15) is 0 Å². The van der Waals surface area contributed by atoms with E-state index in [4.69, 9.17) is 0 Å². The second kappa shape index (κ2) is 3.31. The highest BCUT2D eigenvalue weighted by molar-refractivity contribution is 5.76. The Morgan fingerprint density at radius 2 is 2.42 bits per heavy atom. The molecule has 2 heterocycles. The minimum Gasteiger partial charge on any atom is -0.336 e. The Labute approximate surface area is 72.3 Å². The third kappa shape index (κ3) is 1.53. The van der Waals surface area contributed by atoms with E-state index in [-0.39, 0.29) is 6.03 Å². The van der Waals surface area contributed by atoms with Crippen molar-refractivity contribution in [2.75, 3.05) is 32.7 Å². The Morgan fingerprint density at radius 3 is 3.00 bits per heavy atom. The van der Waals surface area contributed by atoms with Crippen LogP contribution >= 0.6 is 0 Å². The maximum Gasteiger partial charge on any atom is 0.317 e. The van der Waals surface area contributed by atoms with Crippen LogP contribution in [0.3, 0.4) is 0 Å². The Hall–Kier alpha value is -0.770. The van der Waals surface area contributed by atoms with Crippen molar-refractivity contribution in [1.82, 2.24) is 15.5 Å². The first-order valence-electron chi connectivity index (χ1n) is 4.60. The molecule has 2 aliphatic heterocycles. The van der Waals surface area contributed by atoms with Crippen molar-refractivity contribution in [3.8, 4) is 0 Å². The number of hydrogen-bond donors (Lipinski definition) is 2. The summed E-state index contributed by atoms with van der Waals surface area (Å²) in [4.78, 5) is 13.1. The number of hydrogen-bond acceptors (Lipinski definition) is 2. The molecule has 0 saturated carbocycles. The van der Waals surface area contributed by atoms with Gasteiger partial charge < -0.3 is 15.5 Å². The van der Waals surface area contributed by atoms with E-state index in [0.717, 1.165) is 32.7 Å². The smallest absolute Gasteiger partial charge is 0.317 e. The zero-order valence-corrected chi connectivity index (χ0v) is 7.18. The molecular formula is C8H15N3O. The van der Waals surface area contributed by atoms with Crippen molar-refractivity contribution in [2.45, 2.75) is 6.42 Å². The first kappa shape index (κ1) is 7.86. The van der Waals surface area contributed by atoms with Crippen molar-refractivity contribution in [3.05, 3.63) is 0 Å². The molecule has 1 atom stereocenters. The molecule has 0 unspecified atom stereocenters. The van der Waals surface area contributed by atoms with Gasteiger partial charge in [0.2, 0.25) is 0 Å². The summed E-state index contributed by atoms with van der Waals surface area (Å²) in [6.07, 6.45) is 1.21. The predicted octanol–water partition coefficient (Wildman–Crippen LogP) is -0.379. The molecule has 2 aliphatic rings. The zero-order chi connectivity index (χ0) is 8.39. The van der Waals surface area contributed by atoms with E-state index in [1.807, 2.05) is 4.90 Å². The van der Waals surface area contributed by atoms with E-state index in [1.54, 1.807) is 0 Å². The Balaban J connectivity index is 1.81. The molecule has 0 aromatic carbocycles. The molecule has 4 heteroatoms. The third-order valence-electron chi connectivity index (χ3n) is 2.59. The number of nitrogens with zero attached hydrogens (tertiary/aromatic N) is 1. The normalized spacial score (nSPS) is 29.5. The lowest BCUT2D eigenvalue weighted by atomic mass is 10.1. The van der Waals surface area contributed by atoms with Gasteiger partial charge >= 0.3 is 6.03 Å². The van der Waals surface area contributed by atoms with E-state index < -0.39 is 0 Å². The number of urea groups is 1. The van der Waals surface area contributed by atoms with Crippen LogP contribution in [0.15, 0.2) is 0 Å². The number of rotatable bonds is 2. The molecule has 2 N–H and O–H groups in total. The van der Waals surface area contributed by atoms with Gasteiger partial charge in [0, 0.05) is 19.6 Å². The summed E-state index contributed by atoms with van der Waals surface area (Å²) in [6, 6.07) is 0.113. The standard InChI is InChI=1S/C8H15N3O/c12-8-10-3-4-11(8)6-7-1-2-9-5-7/h7,9H,1-6H2,(H,10,12)/t7-/m0/s1. The van der Waals surface area contributed by atoms with Crippen molar-refractivity contribution in [1.29, 1.82) is 0 Å². The highest BCUT2D eigenvalue weighted by atomic mass is 16.2. The van der Waals surface area contributed by atoms with Crippen LogP contribution in [0.25, 0.3) is 0 Å². The molecule has 0 radical (unpaired) electrons. The molecule has 0 aromatic heterocycles. The molecule has 0 aromatic rings. The van der Waals surface area contributed by atoms with E-state index in [0.29, 0.717) is 5.92 Å². The van der Waals surface area contributed by atoms with E-state index >= 15 is 0 Å². The van der Waals surface area contributed by atoms with Gasteiger partial charge in [0.05, 0.1) is 0 Å². The van der Waals surface area contributed by atoms with Crippen LogP contribution in [-0.4, -0.2) is 43.7 Å². The molecule has 2 saturated heterocycles. The van der Waals surface area contributed by atoms with E-state index in [2.05, 4.69) is 10.6 Å². The van der Waals surface area contributed by atoms with E-state index in [9.17, 15) is 4.79 Å². The van der Waals surface area contributed by atoms with Crippen LogP contribution in [0, 0.1) is 5.92 Å². The van der Waals surface area contributed by atoms with Gasteiger partial charge in [-0.25, -0.2) is 4.79 Å². The predicted molar refractivity (Wildman–Crippen MR) is 45.9 cm³/mol. The molecule has 0 aliphatic carbocycles. The molecule has 0 bridgehead atoms. The van der Waals surface area contributed by atoms with E-state index in [1.165, 1.54) is 6.42 Å². The molecule has 2 rings (SSSR count). The lowest BCUT2D eigenvalue weighted by Crippen LogP contribution is -2.33. The van der Waals surface area contributed by atoms with Crippen LogP contribution in [0.1, 0.15) is 6.42 Å². The van der Waals surface area contributed by atoms with Crippen molar-refractivity contribution in [2.24, 2.45) is 5.92 Å². The second-order valence-corrected chi connectivity index (χ2v) is 3.54. The molecule has 0 spiro atoms. The van der Waals surface area contributed by atoms with Crippen molar-refractivity contribution >= 4 is 6.03 Å². The summed E-state index contributed by atoms with van der Waals surface area (Å²) in [5.41, 5.74) is 0. The van der Waals surface area contributed by atoms with Crippen LogP contribution in [0.5, 0.6) is 0 Å². The van der Waals surface area contributed by atoms with Gasteiger partial charge in [0.15, 0.2) is 0 Å². The maximum absolute atomic E-state index is 11.2. The number of amides is 2. The molecule has 4 nitrogen and oxygen atoms in total.